The quantitative estimate of drug-likeness (QED) is 0.711. The summed E-state index contributed by atoms with van der Waals surface area (Å²) in [7, 11) is 0. The number of aromatic nitrogens is 1. The zero-order valence-electron chi connectivity index (χ0n) is 12.6. The minimum Gasteiger partial charge on any atom is -0.457 e. The van der Waals surface area contributed by atoms with Crippen molar-refractivity contribution in [2.24, 2.45) is 5.73 Å². The summed E-state index contributed by atoms with van der Waals surface area (Å²) in [5.74, 6) is 0.243. The highest BCUT2D eigenvalue weighted by atomic mass is 32.1. The summed E-state index contributed by atoms with van der Waals surface area (Å²) >= 11 is 1.45. The zero-order valence-corrected chi connectivity index (χ0v) is 13.4. The molecule has 1 aliphatic carbocycles. The molecule has 7 heteroatoms. The van der Waals surface area contributed by atoms with Crippen LogP contribution in [-0.4, -0.2) is 10.9 Å². The van der Waals surface area contributed by atoms with Gasteiger partial charge in [0.05, 0.1) is 15.9 Å². The number of nitrogens with two attached hydrogens (primary N) is 2. The Morgan fingerprint density at radius 1 is 1.21 bits per heavy atom. The van der Waals surface area contributed by atoms with E-state index in [0.29, 0.717) is 11.5 Å². The average molecular weight is 343 g/mol. The molecule has 5 nitrogen and oxygen atoms in total. The van der Waals surface area contributed by atoms with Crippen LogP contribution in [-0.2, 0) is 10.2 Å². The van der Waals surface area contributed by atoms with Crippen molar-refractivity contribution in [2.75, 3.05) is 5.73 Å². The molecule has 0 radical (unpaired) electrons. The van der Waals surface area contributed by atoms with Crippen molar-refractivity contribution in [3.8, 4) is 11.5 Å². The highest BCUT2D eigenvalue weighted by molar-refractivity contribution is 7.18. The monoisotopic (exact) mass is 343 g/mol. The van der Waals surface area contributed by atoms with Gasteiger partial charge in [-0.05, 0) is 37.1 Å². The minimum absolute atomic E-state index is 0.0331. The number of anilines is 1. The van der Waals surface area contributed by atoms with E-state index in [9.17, 15) is 9.18 Å². The summed E-state index contributed by atoms with van der Waals surface area (Å²) in [6, 6.07) is 9.65. The number of fused-ring (bicyclic) bond motifs is 1. The Hall–Kier alpha value is -2.67. The van der Waals surface area contributed by atoms with Crippen molar-refractivity contribution < 1.29 is 13.9 Å². The molecule has 122 valence electrons. The van der Waals surface area contributed by atoms with Crippen molar-refractivity contribution >= 4 is 33.1 Å². The van der Waals surface area contributed by atoms with Crippen LogP contribution < -0.4 is 16.2 Å². The number of carbonyl (C=O) groups excluding carboxylic acids is 1. The Morgan fingerprint density at radius 3 is 2.58 bits per heavy atom. The van der Waals surface area contributed by atoms with E-state index < -0.39 is 11.2 Å². The maximum atomic E-state index is 13.2. The van der Waals surface area contributed by atoms with Gasteiger partial charge in [0, 0.05) is 12.1 Å². The molecule has 1 aliphatic rings. The molecule has 0 unspecified atom stereocenters. The Bertz CT molecular complexity index is 966. The lowest BCUT2D eigenvalue weighted by molar-refractivity contribution is -0.120. The fraction of sp³-hybridized carbons (Fsp3) is 0.176. The summed E-state index contributed by atoms with van der Waals surface area (Å²) in [5, 5.41) is 0.758. The number of amides is 1. The molecule has 3 aromatic rings. The molecule has 0 saturated heterocycles. The Morgan fingerprint density at radius 2 is 1.92 bits per heavy atom. The van der Waals surface area contributed by atoms with Crippen molar-refractivity contribution in [3.05, 3.63) is 47.2 Å². The van der Waals surface area contributed by atoms with Crippen molar-refractivity contribution in [1.29, 1.82) is 0 Å². The van der Waals surface area contributed by atoms with Crippen LogP contribution in [0.2, 0.25) is 0 Å². The van der Waals surface area contributed by atoms with E-state index in [1.54, 1.807) is 6.07 Å². The van der Waals surface area contributed by atoms with Gasteiger partial charge in [-0.1, -0.05) is 0 Å². The lowest BCUT2D eigenvalue weighted by atomic mass is 10.1. The topological polar surface area (TPSA) is 91.2 Å². The highest BCUT2D eigenvalue weighted by Gasteiger charge is 2.52. The number of carbonyl (C=O) groups is 1. The fourth-order valence-corrected chi connectivity index (χ4v) is 3.83. The van der Waals surface area contributed by atoms with Crippen LogP contribution >= 0.6 is 11.3 Å². The summed E-state index contributed by atoms with van der Waals surface area (Å²) in [6.45, 7) is 0. The molecule has 1 heterocycles. The van der Waals surface area contributed by atoms with E-state index in [1.807, 2.05) is 12.1 Å². The summed E-state index contributed by atoms with van der Waals surface area (Å²) in [5.41, 5.74) is 11.3. The average Bonchev–Trinajstić information content (AvgIpc) is 3.25. The molecule has 0 aliphatic heterocycles. The summed E-state index contributed by atoms with van der Waals surface area (Å²) in [6.07, 6.45) is 1.50. The lowest BCUT2D eigenvalue weighted by Gasteiger charge is -2.06. The van der Waals surface area contributed by atoms with Crippen molar-refractivity contribution in [2.45, 2.75) is 18.3 Å². The number of ether oxygens (including phenoxy) is 1. The molecule has 0 spiro atoms. The summed E-state index contributed by atoms with van der Waals surface area (Å²) in [4.78, 5) is 16.2. The van der Waals surface area contributed by atoms with E-state index in [0.717, 1.165) is 28.1 Å². The normalized spacial score (nSPS) is 15.4. The van der Waals surface area contributed by atoms with Crippen molar-refractivity contribution in [3.63, 3.8) is 0 Å². The largest absolute Gasteiger partial charge is 0.457 e. The number of rotatable bonds is 4. The van der Waals surface area contributed by atoms with Gasteiger partial charge in [-0.25, -0.2) is 9.37 Å². The fourth-order valence-electron chi connectivity index (χ4n) is 2.59. The molecule has 24 heavy (non-hydrogen) atoms. The van der Waals surface area contributed by atoms with Crippen LogP contribution in [0.1, 0.15) is 17.8 Å². The first-order chi connectivity index (χ1) is 11.5. The van der Waals surface area contributed by atoms with E-state index in [4.69, 9.17) is 16.2 Å². The standard InChI is InChI=1S/C17H14FN3O2S/c18-11-3-1-9(7-12(11)19)23-10-2-4-13-14(8-10)24-16(21-13)17(5-6-17)15(20)22/h1-4,7-8H,5-6,19H2,(H2,20,22). The molecule has 0 bridgehead atoms. The van der Waals surface area contributed by atoms with Gasteiger partial charge in [0.15, 0.2) is 0 Å². The Balaban J connectivity index is 1.66. The third kappa shape index (κ3) is 2.37. The van der Waals surface area contributed by atoms with E-state index >= 15 is 0 Å². The smallest absolute Gasteiger partial charge is 0.230 e. The molecule has 2 aromatic carbocycles. The van der Waals surface area contributed by atoms with Gasteiger partial charge in [0.2, 0.25) is 5.91 Å². The van der Waals surface area contributed by atoms with Gasteiger partial charge < -0.3 is 16.2 Å². The molecular formula is C17H14FN3O2S. The van der Waals surface area contributed by atoms with Gasteiger partial charge in [-0.3, -0.25) is 4.79 Å². The van der Waals surface area contributed by atoms with E-state index in [1.165, 1.54) is 29.5 Å². The van der Waals surface area contributed by atoms with Crippen LogP contribution in [0.15, 0.2) is 36.4 Å². The number of thiazole rings is 1. The van der Waals surface area contributed by atoms with Gasteiger partial charge in [0.1, 0.15) is 27.7 Å². The van der Waals surface area contributed by atoms with Crippen LogP contribution in [0.3, 0.4) is 0 Å². The molecule has 1 saturated carbocycles. The number of halogens is 1. The van der Waals surface area contributed by atoms with Gasteiger partial charge in [-0.15, -0.1) is 11.3 Å². The van der Waals surface area contributed by atoms with Gasteiger partial charge in [-0.2, -0.15) is 0 Å². The first-order valence-corrected chi connectivity index (χ1v) is 8.23. The molecule has 1 aromatic heterocycles. The van der Waals surface area contributed by atoms with Crippen LogP contribution in [0.25, 0.3) is 10.2 Å². The summed E-state index contributed by atoms with van der Waals surface area (Å²) < 4.78 is 19.8. The molecule has 4 N–H and O–H groups in total. The molecule has 1 amide bonds. The predicted molar refractivity (Wildman–Crippen MR) is 90.6 cm³/mol. The van der Waals surface area contributed by atoms with Crippen LogP contribution in [0.4, 0.5) is 10.1 Å². The molecule has 1 fully saturated rings. The minimum atomic E-state index is -0.587. The maximum Gasteiger partial charge on any atom is 0.230 e. The number of hydrogen-bond acceptors (Lipinski definition) is 5. The zero-order chi connectivity index (χ0) is 16.9. The van der Waals surface area contributed by atoms with Gasteiger partial charge in [0.25, 0.3) is 0 Å². The molecule has 0 atom stereocenters. The second-order valence-corrected chi connectivity index (χ2v) is 6.91. The second-order valence-electron chi connectivity index (χ2n) is 5.88. The number of nitrogens with zero attached hydrogens (tertiary/aromatic N) is 1. The molecular weight excluding hydrogens is 329 g/mol. The number of hydrogen-bond donors (Lipinski definition) is 2. The van der Waals surface area contributed by atoms with E-state index in [-0.39, 0.29) is 11.6 Å². The Labute approximate surface area is 141 Å². The first kappa shape index (κ1) is 14.9. The predicted octanol–water partition coefficient (Wildman–Crippen LogP) is 3.33. The lowest BCUT2D eigenvalue weighted by Crippen LogP contribution is -2.28. The Kier molecular flexibility index (Phi) is 3.21. The number of primary amides is 1. The third-order valence-corrected chi connectivity index (χ3v) is 5.42. The maximum absolute atomic E-state index is 13.2. The number of benzene rings is 2. The highest BCUT2D eigenvalue weighted by Crippen LogP contribution is 2.50. The van der Waals surface area contributed by atoms with Crippen LogP contribution in [0, 0.1) is 5.82 Å². The van der Waals surface area contributed by atoms with E-state index in [2.05, 4.69) is 4.98 Å². The van der Waals surface area contributed by atoms with Gasteiger partial charge >= 0.3 is 0 Å². The SMILES string of the molecule is NC(=O)C1(c2nc3ccc(Oc4ccc(F)c(N)c4)cc3s2)CC1. The second kappa shape index (κ2) is 5.17. The third-order valence-electron chi connectivity index (χ3n) is 4.19. The molecule has 4 rings (SSSR count). The number of nitrogen functional groups attached to an aromatic ring is 1. The first-order valence-electron chi connectivity index (χ1n) is 7.42. The van der Waals surface area contributed by atoms with Crippen LogP contribution in [0.5, 0.6) is 11.5 Å². The van der Waals surface area contributed by atoms with Crippen molar-refractivity contribution in [1.82, 2.24) is 4.98 Å².